The van der Waals surface area contributed by atoms with Crippen molar-refractivity contribution in [3.05, 3.63) is 127 Å². The second-order valence-corrected chi connectivity index (χ2v) is 11.1. The van der Waals surface area contributed by atoms with Crippen LogP contribution in [0.25, 0.3) is 33.8 Å². The van der Waals surface area contributed by atoms with Crippen LogP contribution in [-0.2, 0) is 0 Å². The summed E-state index contributed by atoms with van der Waals surface area (Å²) in [5, 5.41) is 31.5. The molecule has 6 nitrogen and oxygen atoms in total. The fourth-order valence-electron chi connectivity index (χ4n) is 4.52. The Morgan fingerprint density at radius 1 is 0.350 bits per heavy atom. The molecular formula is C33H24N3O3P. The van der Waals surface area contributed by atoms with Crippen LogP contribution in [0.4, 0.5) is 0 Å². The molecule has 0 saturated carbocycles. The zero-order valence-corrected chi connectivity index (χ0v) is 22.1. The van der Waals surface area contributed by atoms with Crippen LogP contribution >= 0.6 is 7.92 Å². The predicted molar refractivity (Wildman–Crippen MR) is 160 cm³/mol. The molecule has 3 aromatic heterocycles. The van der Waals surface area contributed by atoms with E-state index in [-0.39, 0.29) is 17.2 Å². The third-order valence-electron chi connectivity index (χ3n) is 6.43. The molecule has 7 heteroatoms. The highest BCUT2D eigenvalue weighted by Crippen LogP contribution is 2.36. The summed E-state index contributed by atoms with van der Waals surface area (Å²) < 4.78 is 0. The van der Waals surface area contributed by atoms with Gasteiger partial charge in [-0.2, -0.15) is 0 Å². The third-order valence-corrected chi connectivity index (χ3v) is 8.55. The van der Waals surface area contributed by atoms with E-state index >= 15 is 0 Å². The minimum atomic E-state index is -1.37. The number of aromatic nitrogens is 3. The Hall–Kier alpha value is -5.06. The van der Waals surface area contributed by atoms with Crippen LogP contribution in [-0.4, -0.2) is 30.3 Å². The maximum absolute atomic E-state index is 10.5. The lowest BCUT2D eigenvalue weighted by atomic mass is 10.1. The number of phenolic OH excluding ortho intramolecular Hbond substituents is 3. The first-order chi connectivity index (χ1) is 19.6. The summed E-state index contributed by atoms with van der Waals surface area (Å²) >= 11 is 0. The number of rotatable bonds is 6. The number of nitrogens with zero attached hydrogens (tertiary/aromatic N) is 3. The lowest BCUT2D eigenvalue weighted by Gasteiger charge is -2.19. The summed E-state index contributed by atoms with van der Waals surface area (Å²) in [7, 11) is -1.37. The standard InChI is InChI=1S/C33H24N3O3P/c37-28-16-4-1-10-22(28)25-13-7-19-31(34-25)40(32-20-8-14-26(35-32)23-11-2-5-17-29(23)38)33-21-9-15-27(36-33)24-12-3-6-18-30(24)39/h1-21,37-39H. The van der Waals surface area contributed by atoms with E-state index < -0.39 is 7.92 Å². The molecule has 0 radical (unpaired) electrons. The Balaban J connectivity index is 1.53. The Morgan fingerprint density at radius 3 is 0.950 bits per heavy atom. The Labute approximate surface area is 232 Å². The van der Waals surface area contributed by atoms with Crippen molar-refractivity contribution in [2.45, 2.75) is 0 Å². The molecule has 0 atom stereocenters. The van der Waals surface area contributed by atoms with Gasteiger partial charge in [0, 0.05) is 24.6 Å². The lowest BCUT2D eigenvalue weighted by Crippen LogP contribution is -2.27. The number of para-hydroxylation sites is 3. The van der Waals surface area contributed by atoms with E-state index in [2.05, 4.69) is 0 Å². The van der Waals surface area contributed by atoms with Gasteiger partial charge in [0.25, 0.3) is 0 Å². The second-order valence-electron chi connectivity index (χ2n) is 9.03. The zero-order valence-electron chi connectivity index (χ0n) is 21.3. The highest BCUT2D eigenvalue weighted by Gasteiger charge is 2.23. The monoisotopic (exact) mass is 541 g/mol. The molecule has 0 unspecified atom stereocenters. The van der Waals surface area contributed by atoms with Gasteiger partial charge in [-0.1, -0.05) is 54.6 Å². The minimum Gasteiger partial charge on any atom is -0.507 e. The number of benzene rings is 3. The average molecular weight is 542 g/mol. The van der Waals surface area contributed by atoms with Crippen LogP contribution < -0.4 is 16.3 Å². The molecule has 194 valence electrons. The van der Waals surface area contributed by atoms with Crippen LogP contribution in [0, 0.1) is 0 Å². The van der Waals surface area contributed by atoms with Crippen LogP contribution in [0.15, 0.2) is 127 Å². The van der Waals surface area contributed by atoms with Gasteiger partial charge in [0.2, 0.25) is 0 Å². The van der Waals surface area contributed by atoms with E-state index in [4.69, 9.17) is 15.0 Å². The first-order valence-electron chi connectivity index (χ1n) is 12.6. The summed E-state index contributed by atoms with van der Waals surface area (Å²) in [4.78, 5) is 15.0. The van der Waals surface area contributed by atoms with Crippen molar-refractivity contribution in [1.82, 2.24) is 15.0 Å². The molecule has 40 heavy (non-hydrogen) atoms. The SMILES string of the molecule is Oc1ccccc1-c1cccc(P(c2cccc(-c3ccccc3O)n2)c2cccc(-c3ccccc3O)n2)n1. The molecule has 3 heterocycles. The maximum Gasteiger partial charge on any atom is 0.124 e. The minimum absolute atomic E-state index is 0.149. The van der Waals surface area contributed by atoms with Crippen LogP contribution in [0.5, 0.6) is 17.2 Å². The van der Waals surface area contributed by atoms with Crippen LogP contribution in [0.1, 0.15) is 0 Å². The van der Waals surface area contributed by atoms with Gasteiger partial charge in [-0.3, -0.25) is 0 Å². The summed E-state index contributed by atoms with van der Waals surface area (Å²) in [6.07, 6.45) is 0. The zero-order chi connectivity index (χ0) is 27.5. The molecule has 6 rings (SSSR count). The molecule has 0 saturated heterocycles. The van der Waals surface area contributed by atoms with Gasteiger partial charge < -0.3 is 15.3 Å². The second kappa shape index (κ2) is 11.0. The summed E-state index contributed by atoms with van der Waals surface area (Å²) in [6.45, 7) is 0. The van der Waals surface area contributed by atoms with E-state index in [0.29, 0.717) is 33.8 Å². The molecule has 0 aliphatic carbocycles. The predicted octanol–water partition coefficient (Wildman–Crippen LogP) is 5.75. The molecule has 6 aromatic rings. The number of aromatic hydroxyl groups is 3. The lowest BCUT2D eigenvalue weighted by molar-refractivity contribution is 0.476. The van der Waals surface area contributed by atoms with E-state index in [0.717, 1.165) is 16.3 Å². The summed E-state index contributed by atoms with van der Waals surface area (Å²) in [5.41, 5.74) is 6.05. The Morgan fingerprint density at radius 2 is 0.650 bits per heavy atom. The van der Waals surface area contributed by atoms with E-state index in [1.165, 1.54) is 0 Å². The van der Waals surface area contributed by atoms with E-state index in [1.54, 1.807) is 36.4 Å². The fraction of sp³-hybridized carbons (Fsp3) is 0. The van der Waals surface area contributed by atoms with Crippen molar-refractivity contribution in [3.8, 4) is 51.0 Å². The first kappa shape index (κ1) is 25.2. The molecule has 3 N–H and O–H groups in total. The molecule has 0 spiro atoms. The molecular weight excluding hydrogens is 517 g/mol. The highest BCUT2D eigenvalue weighted by atomic mass is 31.1. The first-order valence-corrected chi connectivity index (χ1v) is 14.0. The molecule has 0 amide bonds. The van der Waals surface area contributed by atoms with E-state index in [9.17, 15) is 15.3 Å². The van der Waals surface area contributed by atoms with Crippen LogP contribution in [0.2, 0.25) is 0 Å². The highest BCUT2D eigenvalue weighted by molar-refractivity contribution is 7.79. The van der Waals surface area contributed by atoms with Gasteiger partial charge in [0.05, 0.1) is 33.4 Å². The summed E-state index contributed by atoms with van der Waals surface area (Å²) in [6, 6.07) is 38.5. The number of pyridine rings is 3. The number of phenols is 3. The van der Waals surface area contributed by atoms with Crippen LogP contribution in [0.3, 0.4) is 0 Å². The van der Waals surface area contributed by atoms with Crippen molar-refractivity contribution >= 4 is 24.2 Å². The normalized spacial score (nSPS) is 11.0. The van der Waals surface area contributed by atoms with E-state index in [1.807, 2.05) is 91.0 Å². The average Bonchev–Trinajstić information content (AvgIpc) is 2.99. The molecule has 0 aliphatic rings. The molecule has 0 fully saturated rings. The Kier molecular flexibility index (Phi) is 6.92. The Bertz CT molecular complexity index is 1610. The quantitative estimate of drug-likeness (QED) is 0.232. The molecule has 0 aliphatic heterocycles. The van der Waals surface area contributed by atoms with Gasteiger partial charge in [-0.25, -0.2) is 15.0 Å². The van der Waals surface area contributed by atoms with Gasteiger partial charge in [0.15, 0.2) is 0 Å². The molecule has 3 aromatic carbocycles. The maximum atomic E-state index is 10.5. The van der Waals surface area contributed by atoms with Crippen molar-refractivity contribution in [2.24, 2.45) is 0 Å². The number of hydrogen-bond acceptors (Lipinski definition) is 6. The summed E-state index contributed by atoms with van der Waals surface area (Å²) in [5.74, 6) is 0.447. The van der Waals surface area contributed by atoms with Crippen molar-refractivity contribution in [3.63, 3.8) is 0 Å². The number of hydrogen-bond donors (Lipinski definition) is 3. The van der Waals surface area contributed by atoms with Gasteiger partial charge >= 0.3 is 0 Å². The van der Waals surface area contributed by atoms with Crippen molar-refractivity contribution < 1.29 is 15.3 Å². The van der Waals surface area contributed by atoms with Gasteiger partial charge in [-0.05, 0) is 72.8 Å². The smallest absolute Gasteiger partial charge is 0.124 e. The van der Waals surface area contributed by atoms with Gasteiger partial charge in [0.1, 0.15) is 17.2 Å². The largest absolute Gasteiger partial charge is 0.507 e. The van der Waals surface area contributed by atoms with Crippen molar-refractivity contribution in [2.75, 3.05) is 0 Å². The fourth-order valence-corrected chi connectivity index (χ4v) is 6.55. The topological polar surface area (TPSA) is 99.4 Å². The molecule has 0 bridgehead atoms. The van der Waals surface area contributed by atoms with Gasteiger partial charge in [-0.15, -0.1) is 0 Å². The van der Waals surface area contributed by atoms with Crippen molar-refractivity contribution in [1.29, 1.82) is 0 Å². The third kappa shape index (κ3) is 5.00.